The first-order chi connectivity index (χ1) is 14.4. The molecule has 2 amide bonds. The lowest BCUT2D eigenvalue weighted by Crippen LogP contribution is -2.50. The van der Waals surface area contributed by atoms with Gasteiger partial charge in [-0.3, -0.25) is 4.90 Å². The van der Waals surface area contributed by atoms with E-state index in [0.717, 1.165) is 25.3 Å². The van der Waals surface area contributed by atoms with Crippen molar-refractivity contribution in [2.45, 2.75) is 51.9 Å². The second-order valence-electron chi connectivity index (χ2n) is 8.12. The van der Waals surface area contributed by atoms with E-state index in [9.17, 15) is 4.79 Å². The van der Waals surface area contributed by atoms with Crippen molar-refractivity contribution in [2.75, 3.05) is 20.8 Å². The molecule has 0 aromatic heterocycles. The molecule has 30 heavy (non-hydrogen) atoms. The highest BCUT2D eigenvalue weighted by atomic mass is 16.5. The van der Waals surface area contributed by atoms with Crippen molar-refractivity contribution in [3.05, 3.63) is 59.2 Å². The Kier molecular flexibility index (Phi) is 7.21. The van der Waals surface area contributed by atoms with Crippen LogP contribution in [-0.4, -0.2) is 43.8 Å². The predicted octanol–water partition coefficient (Wildman–Crippen LogP) is 3.90. The minimum absolute atomic E-state index is 0.0201. The maximum atomic E-state index is 12.4. The van der Waals surface area contributed by atoms with E-state index < -0.39 is 0 Å². The smallest absolute Gasteiger partial charge is 0.315 e. The van der Waals surface area contributed by atoms with E-state index in [2.05, 4.69) is 58.9 Å². The van der Waals surface area contributed by atoms with Gasteiger partial charge in [-0.25, -0.2) is 4.79 Å². The van der Waals surface area contributed by atoms with Crippen molar-refractivity contribution in [1.29, 1.82) is 0 Å². The van der Waals surface area contributed by atoms with Gasteiger partial charge in [0.05, 0.1) is 20.3 Å². The van der Waals surface area contributed by atoms with Crippen molar-refractivity contribution >= 4 is 6.03 Å². The molecule has 0 saturated carbocycles. The lowest BCUT2D eigenvalue weighted by Gasteiger charge is -2.41. The van der Waals surface area contributed by atoms with Crippen molar-refractivity contribution in [3.63, 3.8) is 0 Å². The number of nitrogens with one attached hydrogen (secondary N) is 2. The molecule has 0 fully saturated rings. The molecule has 0 aliphatic carbocycles. The molecule has 3 rings (SSSR count). The van der Waals surface area contributed by atoms with Gasteiger partial charge in [0.25, 0.3) is 0 Å². The van der Waals surface area contributed by atoms with E-state index in [4.69, 9.17) is 9.47 Å². The van der Waals surface area contributed by atoms with Crippen molar-refractivity contribution in [2.24, 2.45) is 0 Å². The predicted molar refractivity (Wildman–Crippen MR) is 119 cm³/mol. The largest absolute Gasteiger partial charge is 0.493 e. The summed E-state index contributed by atoms with van der Waals surface area (Å²) in [7, 11) is 3.31. The van der Waals surface area contributed by atoms with Gasteiger partial charge in [-0.05, 0) is 56.0 Å². The third-order valence-corrected chi connectivity index (χ3v) is 5.51. The summed E-state index contributed by atoms with van der Waals surface area (Å²) in [4.78, 5) is 14.9. The third-order valence-electron chi connectivity index (χ3n) is 5.51. The number of methoxy groups -OCH3 is 2. The van der Waals surface area contributed by atoms with Gasteiger partial charge in [0, 0.05) is 25.2 Å². The number of fused-ring (bicyclic) bond motifs is 1. The van der Waals surface area contributed by atoms with Crippen molar-refractivity contribution in [3.8, 4) is 11.5 Å². The Morgan fingerprint density at radius 1 is 1.07 bits per heavy atom. The van der Waals surface area contributed by atoms with Crippen molar-refractivity contribution < 1.29 is 14.3 Å². The summed E-state index contributed by atoms with van der Waals surface area (Å²) >= 11 is 0. The fourth-order valence-electron chi connectivity index (χ4n) is 4.20. The van der Waals surface area contributed by atoms with Crippen LogP contribution < -0.4 is 20.1 Å². The maximum absolute atomic E-state index is 12.4. The Bertz CT molecular complexity index is 854. The lowest BCUT2D eigenvalue weighted by molar-refractivity contribution is 0.143. The summed E-state index contributed by atoms with van der Waals surface area (Å²) in [5.74, 6) is 1.45. The van der Waals surface area contributed by atoms with Crippen LogP contribution in [-0.2, 0) is 13.0 Å². The quantitative estimate of drug-likeness (QED) is 0.725. The van der Waals surface area contributed by atoms with Crippen LogP contribution in [0.3, 0.4) is 0 Å². The Balaban J connectivity index is 1.95. The molecule has 2 atom stereocenters. The van der Waals surface area contributed by atoms with Gasteiger partial charge in [0.1, 0.15) is 0 Å². The van der Waals surface area contributed by atoms with Crippen LogP contribution in [0.1, 0.15) is 43.5 Å². The summed E-state index contributed by atoms with van der Waals surface area (Å²) in [5, 5.41) is 6.07. The molecule has 0 spiro atoms. The fourth-order valence-corrected chi connectivity index (χ4v) is 4.20. The van der Waals surface area contributed by atoms with Crippen LogP contribution in [0.15, 0.2) is 42.5 Å². The van der Waals surface area contributed by atoms with E-state index in [1.165, 1.54) is 16.7 Å². The molecule has 0 unspecified atom stereocenters. The fraction of sp³-hybridized carbons (Fsp3) is 0.458. The number of hydrogen-bond donors (Lipinski definition) is 2. The van der Waals surface area contributed by atoms with Gasteiger partial charge < -0.3 is 20.1 Å². The first kappa shape index (κ1) is 22.0. The minimum Gasteiger partial charge on any atom is -0.493 e. The first-order valence-electron chi connectivity index (χ1n) is 10.5. The number of benzene rings is 2. The molecule has 2 aromatic rings. The molecule has 162 valence electrons. The molecule has 0 saturated heterocycles. The van der Waals surface area contributed by atoms with Gasteiger partial charge in [-0.15, -0.1) is 0 Å². The molecule has 2 N–H and O–H groups in total. The summed E-state index contributed by atoms with van der Waals surface area (Å²) in [5.41, 5.74) is 3.66. The molecular formula is C24H33N3O3. The Morgan fingerprint density at radius 3 is 2.37 bits per heavy atom. The molecule has 6 heteroatoms. The summed E-state index contributed by atoms with van der Waals surface area (Å²) < 4.78 is 11.1. The highest BCUT2D eigenvalue weighted by Crippen LogP contribution is 2.40. The van der Waals surface area contributed by atoms with E-state index in [1.807, 2.05) is 19.9 Å². The highest BCUT2D eigenvalue weighted by molar-refractivity contribution is 5.74. The monoisotopic (exact) mass is 411 g/mol. The summed E-state index contributed by atoms with van der Waals surface area (Å²) in [6, 6.07) is 14.4. The van der Waals surface area contributed by atoms with Crippen LogP contribution in [0.4, 0.5) is 4.79 Å². The summed E-state index contributed by atoms with van der Waals surface area (Å²) in [6.07, 6.45) is 0.921. The summed E-state index contributed by atoms with van der Waals surface area (Å²) in [6.45, 7) is 7.70. The molecule has 0 radical (unpaired) electrons. The average molecular weight is 412 g/mol. The normalized spacial score (nSPS) is 17.2. The molecule has 0 bridgehead atoms. The zero-order chi connectivity index (χ0) is 21.7. The minimum atomic E-state index is -0.148. The van der Waals surface area contributed by atoms with E-state index in [1.54, 1.807) is 14.2 Å². The number of urea groups is 1. The Labute approximate surface area is 179 Å². The van der Waals surface area contributed by atoms with Gasteiger partial charge in [0.15, 0.2) is 11.5 Å². The zero-order valence-electron chi connectivity index (χ0n) is 18.6. The van der Waals surface area contributed by atoms with Gasteiger partial charge in [-0.1, -0.05) is 30.3 Å². The second-order valence-corrected chi connectivity index (χ2v) is 8.12. The molecule has 6 nitrogen and oxygen atoms in total. The highest BCUT2D eigenvalue weighted by Gasteiger charge is 2.33. The Morgan fingerprint density at radius 2 is 1.73 bits per heavy atom. The SMILES string of the molecule is COc1cc2c(cc1OC)[C@@H]([C@@H](C)NC(=O)NC(C)C)N(Cc1ccccc1)CC2. The molecule has 2 aromatic carbocycles. The maximum Gasteiger partial charge on any atom is 0.315 e. The van der Waals surface area contributed by atoms with Gasteiger partial charge >= 0.3 is 6.03 Å². The second kappa shape index (κ2) is 9.85. The van der Waals surface area contributed by atoms with Crippen LogP contribution >= 0.6 is 0 Å². The number of ether oxygens (including phenoxy) is 2. The van der Waals surface area contributed by atoms with Crippen LogP contribution in [0.25, 0.3) is 0 Å². The van der Waals surface area contributed by atoms with E-state index in [-0.39, 0.29) is 24.2 Å². The topological polar surface area (TPSA) is 62.8 Å². The zero-order valence-corrected chi connectivity index (χ0v) is 18.6. The average Bonchev–Trinajstić information content (AvgIpc) is 2.72. The Hall–Kier alpha value is -2.73. The number of nitrogens with zero attached hydrogens (tertiary/aromatic N) is 1. The molecule has 1 aliphatic heterocycles. The number of amides is 2. The molecular weight excluding hydrogens is 378 g/mol. The number of carbonyl (C=O) groups excluding carboxylic acids is 1. The van der Waals surface area contributed by atoms with E-state index in [0.29, 0.717) is 5.75 Å². The molecule has 1 aliphatic rings. The van der Waals surface area contributed by atoms with Gasteiger partial charge in [0.2, 0.25) is 0 Å². The number of carbonyl (C=O) groups is 1. The van der Waals surface area contributed by atoms with E-state index >= 15 is 0 Å². The van der Waals surface area contributed by atoms with Crippen LogP contribution in [0.5, 0.6) is 11.5 Å². The molecule has 1 heterocycles. The number of rotatable bonds is 7. The van der Waals surface area contributed by atoms with Crippen molar-refractivity contribution in [1.82, 2.24) is 15.5 Å². The van der Waals surface area contributed by atoms with Crippen LogP contribution in [0, 0.1) is 0 Å². The standard InChI is InChI=1S/C24H33N3O3/c1-16(2)25-24(28)26-17(3)23-20-14-22(30-5)21(29-4)13-19(20)11-12-27(23)15-18-9-7-6-8-10-18/h6-10,13-14,16-17,23H,11-12,15H2,1-5H3,(H2,25,26,28)/t17-,23-/m1/s1. The first-order valence-corrected chi connectivity index (χ1v) is 10.5. The number of hydrogen-bond acceptors (Lipinski definition) is 4. The van der Waals surface area contributed by atoms with Gasteiger partial charge in [-0.2, -0.15) is 0 Å². The lowest BCUT2D eigenvalue weighted by atomic mass is 9.87. The third kappa shape index (κ3) is 5.05. The van der Waals surface area contributed by atoms with Crippen LogP contribution in [0.2, 0.25) is 0 Å².